The highest BCUT2D eigenvalue weighted by molar-refractivity contribution is 5.44. The standard InChI is InChI=1S/C12H18N8O/c1-13-10-16-11(14-5-4-9-15-8-21-19-9)18-12(17-10)20-6-2-3-7-20/h8H,2-7H2,1H3,(H2,13,14,16,17,18). The molecule has 9 nitrogen and oxygen atoms in total. The van der Waals surface area contributed by atoms with E-state index in [0.29, 0.717) is 36.6 Å². The molecule has 0 unspecified atom stereocenters. The lowest BCUT2D eigenvalue weighted by atomic mass is 10.4. The highest BCUT2D eigenvalue weighted by atomic mass is 16.5. The van der Waals surface area contributed by atoms with E-state index in [-0.39, 0.29) is 0 Å². The molecule has 0 amide bonds. The summed E-state index contributed by atoms with van der Waals surface area (Å²) in [6.07, 6.45) is 4.33. The summed E-state index contributed by atoms with van der Waals surface area (Å²) in [7, 11) is 1.80. The second-order valence-corrected chi connectivity index (χ2v) is 4.75. The maximum atomic E-state index is 4.69. The van der Waals surface area contributed by atoms with Crippen LogP contribution in [0.2, 0.25) is 0 Å². The molecule has 3 heterocycles. The van der Waals surface area contributed by atoms with E-state index in [1.165, 1.54) is 19.2 Å². The van der Waals surface area contributed by atoms with Crippen LogP contribution < -0.4 is 15.5 Å². The Labute approximate surface area is 122 Å². The lowest BCUT2D eigenvalue weighted by Gasteiger charge is -2.16. The molecule has 2 N–H and O–H groups in total. The highest BCUT2D eigenvalue weighted by Gasteiger charge is 2.17. The van der Waals surface area contributed by atoms with E-state index in [1.807, 2.05) is 0 Å². The Balaban J connectivity index is 1.66. The third-order valence-corrected chi connectivity index (χ3v) is 3.27. The van der Waals surface area contributed by atoms with Crippen LogP contribution in [-0.4, -0.2) is 51.8 Å². The monoisotopic (exact) mass is 290 g/mol. The van der Waals surface area contributed by atoms with Gasteiger partial charge in [-0.15, -0.1) is 0 Å². The summed E-state index contributed by atoms with van der Waals surface area (Å²) < 4.78 is 4.69. The highest BCUT2D eigenvalue weighted by Crippen LogP contribution is 2.18. The van der Waals surface area contributed by atoms with Gasteiger partial charge in [0.2, 0.25) is 24.2 Å². The first-order valence-electron chi connectivity index (χ1n) is 7.03. The van der Waals surface area contributed by atoms with E-state index in [2.05, 4.69) is 40.6 Å². The van der Waals surface area contributed by atoms with Crippen molar-refractivity contribution in [2.75, 3.05) is 42.2 Å². The van der Waals surface area contributed by atoms with Gasteiger partial charge in [0.15, 0.2) is 5.82 Å². The summed E-state index contributed by atoms with van der Waals surface area (Å²) in [6, 6.07) is 0. The van der Waals surface area contributed by atoms with Crippen LogP contribution in [0.3, 0.4) is 0 Å². The van der Waals surface area contributed by atoms with Gasteiger partial charge in [0.05, 0.1) is 0 Å². The number of hydrogen-bond acceptors (Lipinski definition) is 9. The Morgan fingerprint density at radius 1 is 1.19 bits per heavy atom. The smallest absolute Gasteiger partial charge is 0.231 e. The first-order chi connectivity index (χ1) is 10.3. The molecule has 2 aromatic rings. The third-order valence-electron chi connectivity index (χ3n) is 3.27. The van der Waals surface area contributed by atoms with Crippen molar-refractivity contribution in [1.29, 1.82) is 0 Å². The van der Waals surface area contributed by atoms with E-state index >= 15 is 0 Å². The van der Waals surface area contributed by atoms with E-state index < -0.39 is 0 Å². The zero-order valence-corrected chi connectivity index (χ0v) is 11.9. The number of aromatic nitrogens is 5. The predicted molar refractivity (Wildman–Crippen MR) is 77.3 cm³/mol. The molecule has 0 atom stereocenters. The zero-order valence-electron chi connectivity index (χ0n) is 11.9. The number of rotatable bonds is 6. The summed E-state index contributed by atoms with van der Waals surface area (Å²) in [4.78, 5) is 19.3. The van der Waals surface area contributed by atoms with E-state index in [9.17, 15) is 0 Å². The van der Waals surface area contributed by atoms with Crippen molar-refractivity contribution in [3.8, 4) is 0 Å². The Morgan fingerprint density at radius 3 is 2.71 bits per heavy atom. The Morgan fingerprint density at radius 2 is 2.00 bits per heavy atom. The minimum absolute atomic E-state index is 0.555. The van der Waals surface area contributed by atoms with Crippen LogP contribution >= 0.6 is 0 Å². The van der Waals surface area contributed by atoms with Gasteiger partial charge in [0, 0.05) is 33.1 Å². The summed E-state index contributed by atoms with van der Waals surface area (Å²) in [5.74, 6) is 2.49. The van der Waals surface area contributed by atoms with Crippen molar-refractivity contribution in [1.82, 2.24) is 25.1 Å². The Hall–Kier alpha value is -2.45. The predicted octanol–water partition coefficient (Wildman–Crippen LogP) is 0.551. The molecule has 0 saturated carbocycles. The maximum absolute atomic E-state index is 4.69. The largest absolute Gasteiger partial charge is 0.357 e. The fourth-order valence-electron chi connectivity index (χ4n) is 2.20. The molecule has 2 aromatic heterocycles. The minimum atomic E-state index is 0.555. The average Bonchev–Trinajstić information content (AvgIpc) is 3.20. The van der Waals surface area contributed by atoms with Gasteiger partial charge in [0.25, 0.3) is 0 Å². The molecular formula is C12H18N8O. The van der Waals surface area contributed by atoms with Crippen molar-refractivity contribution in [2.24, 2.45) is 0 Å². The molecule has 9 heteroatoms. The van der Waals surface area contributed by atoms with Gasteiger partial charge < -0.3 is 20.1 Å². The molecule has 1 aliphatic heterocycles. The summed E-state index contributed by atoms with van der Waals surface area (Å²) in [5.41, 5.74) is 0. The van der Waals surface area contributed by atoms with Crippen LogP contribution in [-0.2, 0) is 6.42 Å². The molecule has 0 bridgehead atoms. The minimum Gasteiger partial charge on any atom is -0.357 e. The summed E-state index contributed by atoms with van der Waals surface area (Å²) >= 11 is 0. The molecular weight excluding hydrogens is 272 g/mol. The molecule has 1 saturated heterocycles. The van der Waals surface area contributed by atoms with E-state index in [0.717, 1.165) is 13.1 Å². The number of nitrogens with zero attached hydrogens (tertiary/aromatic N) is 6. The van der Waals surface area contributed by atoms with Crippen molar-refractivity contribution in [3.05, 3.63) is 12.2 Å². The molecule has 0 spiro atoms. The van der Waals surface area contributed by atoms with E-state index in [4.69, 9.17) is 4.52 Å². The van der Waals surface area contributed by atoms with Gasteiger partial charge in [-0.2, -0.15) is 19.9 Å². The van der Waals surface area contributed by atoms with Gasteiger partial charge in [-0.3, -0.25) is 0 Å². The molecule has 112 valence electrons. The lowest BCUT2D eigenvalue weighted by Crippen LogP contribution is -2.22. The second-order valence-electron chi connectivity index (χ2n) is 4.75. The summed E-state index contributed by atoms with van der Waals surface area (Å²) in [6.45, 7) is 2.62. The maximum Gasteiger partial charge on any atom is 0.231 e. The van der Waals surface area contributed by atoms with Crippen LogP contribution in [0.25, 0.3) is 0 Å². The average molecular weight is 290 g/mol. The van der Waals surface area contributed by atoms with Gasteiger partial charge in [-0.05, 0) is 12.8 Å². The van der Waals surface area contributed by atoms with Crippen LogP contribution in [0.5, 0.6) is 0 Å². The Bertz CT molecular complexity index is 567. The van der Waals surface area contributed by atoms with Crippen LogP contribution in [0.15, 0.2) is 10.9 Å². The summed E-state index contributed by atoms with van der Waals surface area (Å²) in [5, 5.41) is 9.90. The molecule has 1 fully saturated rings. The lowest BCUT2D eigenvalue weighted by molar-refractivity contribution is 0.410. The van der Waals surface area contributed by atoms with Crippen LogP contribution in [0, 0.1) is 0 Å². The van der Waals surface area contributed by atoms with Gasteiger partial charge in [-0.1, -0.05) is 5.16 Å². The van der Waals surface area contributed by atoms with Crippen LogP contribution in [0.4, 0.5) is 17.8 Å². The topological polar surface area (TPSA) is 105 Å². The first kappa shape index (κ1) is 13.5. The Kier molecular flexibility index (Phi) is 4.08. The van der Waals surface area contributed by atoms with E-state index in [1.54, 1.807) is 7.05 Å². The normalized spacial score (nSPS) is 14.4. The molecule has 3 rings (SSSR count). The van der Waals surface area contributed by atoms with Crippen molar-refractivity contribution in [3.63, 3.8) is 0 Å². The zero-order chi connectivity index (χ0) is 14.5. The van der Waals surface area contributed by atoms with Crippen LogP contribution in [0.1, 0.15) is 18.7 Å². The first-order valence-corrected chi connectivity index (χ1v) is 7.03. The molecule has 1 aliphatic rings. The fourth-order valence-corrected chi connectivity index (χ4v) is 2.20. The quantitative estimate of drug-likeness (QED) is 0.789. The molecule has 21 heavy (non-hydrogen) atoms. The van der Waals surface area contributed by atoms with Crippen molar-refractivity contribution < 1.29 is 4.52 Å². The second kappa shape index (κ2) is 6.33. The van der Waals surface area contributed by atoms with Crippen molar-refractivity contribution in [2.45, 2.75) is 19.3 Å². The van der Waals surface area contributed by atoms with Crippen molar-refractivity contribution >= 4 is 17.8 Å². The molecule has 0 radical (unpaired) electrons. The van der Waals surface area contributed by atoms with Gasteiger partial charge in [0.1, 0.15) is 0 Å². The fraction of sp³-hybridized carbons (Fsp3) is 0.583. The number of nitrogens with one attached hydrogen (secondary N) is 2. The molecule has 0 aromatic carbocycles. The third kappa shape index (κ3) is 3.36. The SMILES string of the molecule is CNc1nc(NCCc2ncon2)nc(N2CCCC2)n1. The number of anilines is 3. The van der Waals surface area contributed by atoms with Gasteiger partial charge in [-0.25, -0.2) is 0 Å². The number of hydrogen-bond donors (Lipinski definition) is 2. The van der Waals surface area contributed by atoms with Gasteiger partial charge >= 0.3 is 0 Å². The molecule has 0 aliphatic carbocycles.